The summed E-state index contributed by atoms with van der Waals surface area (Å²) in [7, 11) is 2.20. The summed E-state index contributed by atoms with van der Waals surface area (Å²) in [5.41, 5.74) is 1.95. The molecule has 112 valence electrons. The molecule has 0 radical (unpaired) electrons. The van der Waals surface area contributed by atoms with Gasteiger partial charge in [-0.05, 0) is 45.0 Å². The summed E-state index contributed by atoms with van der Waals surface area (Å²) in [6.07, 6.45) is 4.51. The van der Waals surface area contributed by atoms with Crippen molar-refractivity contribution in [3.63, 3.8) is 0 Å². The second-order valence-electron chi connectivity index (χ2n) is 5.74. The Morgan fingerprint density at radius 2 is 2.15 bits per heavy atom. The first kappa shape index (κ1) is 15.3. The SMILES string of the molecule is CCC1CN(C)CCCN1c1ccc([C@@H](O)CC)nc1. The Bertz CT molecular complexity index is 407. The van der Waals surface area contributed by atoms with Gasteiger partial charge in [0.2, 0.25) is 0 Å². The van der Waals surface area contributed by atoms with Crippen LogP contribution in [0.3, 0.4) is 0 Å². The molecule has 1 aliphatic rings. The van der Waals surface area contributed by atoms with Crippen LogP contribution in [0.15, 0.2) is 18.3 Å². The predicted molar refractivity (Wildman–Crippen MR) is 83.0 cm³/mol. The van der Waals surface area contributed by atoms with E-state index in [2.05, 4.69) is 34.8 Å². The van der Waals surface area contributed by atoms with Gasteiger partial charge in [-0.3, -0.25) is 4.98 Å². The van der Waals surface area contributed by atoms with Gasteiger partial charge in [-0.1, -0.05) is 13.8 Å². The van der Waals surface area contributed by atoms with E-state index < -0.39 is 6.10 Å². The molecule has 1 aromatic rings. The van der Waals surface area contributed by atoms with E-state index in [1.54, 1.807) is 0 Å². The number of nitrogens with zero attached hydrogens (tertiary/aromatic N) is 3. The van der Waals surface area contributed by atoms with Gasteiger partial charge in [0.15, 0.2) is 0 Å². The molecule has 0 bridgehead atoms. The molecule has 2 heterocycles. The van der Waals surface area contributed by atoms with E-state index in [0.717, 1.165) is 31.7 Å². The third-order valence-corrected chi connectivity index (χ3v) is 4.20. The minimum atomic E-state index is -0.443. The van der Waals surface area contributed by atoms with Gasteiger partial charge in [0, 0.05) is 19.1 Å². The van der Waals surface area contributed by atoms with Crippen LogP contribution < -0.4 is 4.90 Å². The molecule has 1 unspecified atom stereocenters. The summed E-state index contributed by atoms with van der Waals surface area (Å²) in [6.45, 7) is 7.57. The van der Waals surface area contributed by atoms with Gasteiger partial charge in [0.05, 0.1) is 23.7 Å². The standard InChI is InChI=1S/C16H27N3O/c1-4-13-12-18(3)9-6-10-19(13)14-7-8-15(17-11-14)16(20)5-2/h7-8,11,13,16,20H,4-6,9-10,12H2,1-3H3/t13?,16-/m0/s1. The van der Waals surface area contributed by atoms with Gasteiger partial charge in [0.1, 0.15) is 0 Å². The number of aliphatic hydroxyl groups is 1. The molecular formula is C16H27N3O. The number of aromatic nitrogens is 1. The lowest BCUT2D eigenvalue weighted by Crippen LogP contribution is -2.39. The number of pyridine rings is 1. The van der Waals surface area contributed by atoms with Gasteiger partial charge >= 0.3 is 0 Å². The predicted octanol–water partition coefficient (Wildman–Crippen LogP) is 2.45. The Morgan fingerprint density at radius 1 is 1.35 bits per heavy atom. The molecular weight excluding hydrogens is 250 g/mol. The monoisotopic (exact) mass is 277 g/mol. The summed E-state index contributed by atoms with van der Waals surface area (Å²) >= 11 is 0. The van der Waals surface area contributed by atoms with Crippen LogP contribution in [0.5, 0.6) is 0 Å². The highest BCUT2D eigenvalue weighted by molar-refractivity contribution is 5.46. The Labute approximate surface area is 122 Å². The molecule has 1 aromatic heterocycles. The molecule has 0 amide bonds. The van der Waals surface area contributed by atoms with Crippen LogP contribution in [0.1, 0.15) is 44.9 Å². The molecule has 0 spiro atoms. The number of rotatable bonds is 4. The van der Waals surface area contributed by atoms with Gasteiger partial charge in [-0.2, -0.15) is 0 Å². The first-order valence-corrected chi connectivity index (χ1v) is 7.74. The highest BCUT2D eigenvalue weighted by Gasteiger charge is 2.22. The number of hydrogen-bond donors (Lipinski definition) is 1. The van der Waals surface area contributed by atoms with Gasteiger partial charge in [-0.25, -0.2) is 0 Å². The summed E-state index contributed by atoms with van der Waals surface area (Å²) < 4.78 is 0. The number of aliphatic hydroxyl groups excluding tert-OH is 1. The van der Waals surface area contributed by atoms with Crippen LogP contribution in [-0.2, 0) is 0 Å². The normalized spacial score (nSPS) is 22.6. The minimum absolute atomic E-state index is 0.443. The molecule has 1 aliphatic heterocycles. The van der Waals surface area contributed by atoms with E-state index >= 15 is 0 Å². The quantitative estimate of drug-likeness (QED) is 0.917. The maximum atomic E-state index is 9.83. The van der Waals surface area contributed by atoms with Crippen LogP contribution in [0, 0.1) is 0 Å². The number of likely N-dealkylation sites (N-methyl/N-ethyl adjacent to an activating group) is 1. The fraction of sp³-hybridized carbons (Fsp3) is 0.688. The topological polar surface area (TPSA) is 39.6 Å². The summed E-state index contributed by atoms with van der Waals surface area (Å²) in [5.74, 6) is 0. The smallest absolute Gasteiger partial charge is 0.0957 e. The van der Waals surface area contributed by atoms with Crippen molar-refractivity contribution in [3.8, 4) is 0 Å². The molecule has 1 saturated heterocycles. The van der Waals surface area contributed by atoms with Crippen molar-refractivity contribution in [3.05, 3.63) is 24.0 Å². The molecule has 0 aromatic carbocycles. The third-order valence-electron chi connectivity index (χ3n) is 4.20. The van der Waals surface area contributed by atoms with Gasteiger partial charge in [-0.15, -0.1) is 0 Å². The van der Waals surface area contributed by atoms with Crippen LogP contribution in [0.25, 0.3) is 0 Å². The zero-order valence-electron chi connectivity index (χ0n) is 12.9. The van der Waals surface area contributed by atoms with E-state index in [0.29, 0.717) is 12.5 Å². The van der Waals surface area contributed by atoms with Crippen molar-refractivity contribution in [1.29, 1.82) is 0 Å². The first-order valence-electron chi connectivity index (χ1n) is 7.74. The summed E-state index contributed by atoms with van der Waals surface area (Å²) in [5, 5.41) is 9.83. The fourth-order valence-electron chi connectivity index (χ4n) is 2.91. The zero-order chi connectivity index (χ0) is 14.5. The highest BCUT2D eigenvalue weighted by Crippen LogP contribution is 2.23. The van der Waals surface area contributed by atoms with Crippen molar-refractivity contribution < 1.29 is 5.11 Å². The number of hydrogen-bond acceptors (Lipinski definition) is 4. The molecule has 1 N–H and O–H groups in total. The van der Waals surface area contributed by atoms with Crippen LogP contribution in [0.4, 0.5) is 5.69 Å². The molecule has 0 saturated carbocycles. The largest absolute Gasteiger partial charge is 0.387 e. The van der Waals surface area contributed by atoms with Gasteiger partial charge in [0.25, 0.3) is 0 Å². The molecule has 2 rings (SSSR count). The molecule has 1 fully saturated rings. The first-order chi connectivity index (χ1) is 9.65. The maximum absolute atomic E-state index is 9.83. The van der Waals surface area contributed by atoms with Crippen molar-refractivity contribution in [2.24, 2.45) is 0 Å². The zero-order valence-corrected chi connectivity index (χ0v) is 12.9. The van der Waals surface area contributed by atoms with Crippen molar-refractivity contribution >= 4 is 5.69 Å². The Kier molecular flexibility index (Phi) is 5.38. The summed E-state index contributed by atoms with van der Waals surface area (Å²) in [4.78, 5) is 9.32. The average Bonchev–Trinajstić information content (AvgIpc) is 2.67. The lowest BCUT2D eigenvalue weighted by Gasteiger charge is -2.32. The molecule has 2 atom stereocenters. The third kappa shape index (κ3) is 3.49. The van der Waals surface area contributed by atoms with Crippen molar-refractivity contribution in [2.75, 3.05) is 31.6 Å². The van der Waals surface area contributed by atoms with E-state index in [9.17, 15) is 5.11 Å². The molecule has 0 aliphatic carbocycles. The second-order valence-corrected chi connectivity index (χ2v) is 5.74. The van der Waals surface area contributed by atoms with E-state index in [1.165, 1.54) is 12.1 Å². The summed E-state index contributed by atoms with van der Waals surface area (Å²) in [6, 6.07) is 4.62. The lowest BCUT2D eigenvalue weighted by atomic mass is 10.1. The molecule has 20 heavy (non-hydrogen) atoms. The van der Waals surface area contributed by atoms with Crippen molar-refractivity contribution in [1.82, 2.24) is 9.88 Å². The van der Waals surface area contributed by atoms with Crippen LogP contribution in [0.2, 0.25) is 0 Å². The Morgan fingerprint density at radius 3 is 2.75 bits per heavy atom. The second kappa shape index (κ2) is 7.04. The van der Waals surface area contributed by atoms with E-state index in [4.69, 9.17) is 0 Å². The van der Waals surface area contributed by atoms with Crippen molar-refractivity contribution in [2.45, 2.75) is 45.3 Å². The van der Waals surface area contributed by atoms with Crippen LogP contribution >= 0.6 is 0 Å². The molecule has 4 heteroatoms. The lowest BCUT2D eigenvalue weighted by molar-refractivity contribution is 0.169. The fourth-order valence-corrected chi connectivity index (χ4v) is 2.91. The van der Waals surface area contributed by atoms with E-state index in [1.807, 2.05) is 19.2 Å². The average molecular weight is 277 g/mol. The van der Waals surface area contributed by atoms with Gasteiger partial charge < -0.3 is 14.9 Å². The van der Waals surface area contributed by atoms with E-state index in [-0.39, 0.29) is 0 Å². The number of anilines is 1. The minimum Gasteiger partial charge on any atom is -0.387 e. The Balaban J connectivity index is 2.16. The Hall–Kier alpha value is -1.13. The maximum Gasteiger partial charge on any atom is 0.0957 e. The molecule has 4 nitrogen and oxygen atoms in total. The highest BCUT2D eigenvalue weighted by atomic mass is 16.3. The van der Waals surface area contributed by atoms with Crippen LogP contribution in [-0.4, -0.2) is 47.7 Å².